The number of fused-ring (bicyclic) bond motifs is 1. The van der Waals surface area contributed by atoms with Crippen molar-refractivity contribution in [1.29, 1.82) is 5.26 Å². The van der Waals surface area contributed by atoms with E-state index >= 15 is 0 Å². The van der Waals surface area contributed by atoms with E-state index in [4.69, 9.17) is 16.9 Å². The van der Waals surface area contributed by atoms with E-state index in [9.17, 15) is 0 Å². The van der Waals surface area contributed by atoms with Gasteiger partial charge in [0.05, 0.1) is 22.3 Å². The molecule has 2 heterocycles. The molecule has 0 aliphatic carbocycles. The van der Waals surface area contributed by atoms with Gasteiger partial charge in [-0.3, -0.25) is 0 Å². The van der Waals surface area contributed by atoms with E-state index in [0.29, 0.717) is 11.1 Å². The van der Waals surface area contributed by atoms with Gasteiger partial charge in [-0.15, -0.1) is 11.8 Å². The van der Waals surface area contributed by atoms with Crippen LogP contribution in [0.1, 0.15) is 5.56 Å². The Hall–Kier alpha value is -1.31. The van der Waals surface area contributed by atoms with Crippen LogP contribution in [0, 0.1) is 11.3 Å². The number of aromatic nitrogens is 2. The molecule has 0 saturated carbocycles. The van der Waals surface area contributed by atoms with Crippen LogP contribution in [0.4, 0.5) is 0 Å². The standard InChI is InChI=1S/C10H6ClN3S/c1-15-9-3-6-2-7(4-12)10(11)14-8(6)5-13-9/h2-3,5H,1H3. The summed E-state index contributed by atoms with van der Waals surface area (Å²) in [5, 5.41) is 10.8. The molecule has 0 unspecified atom stereocenters. The lowest BCUT2D eigenvalue weighted by atomic mass is 10.2. The van der Waals surface area contributed by atoms with Gasteiger partial charge in [0.1, 0.15) is 11.2 Å². The molecule has 2 rings (SSSR count). The highest BCUT2D eigenvalue weighted by molar-refractivity contribution is 7.98. The number of rotatable bonds is 1. The molecule has 0 N–H and O–H groups in total. The minimum Gasteiger partial charge on any atom is -0.248 e. The first kappa shape index (κ1) is 10.2. The molecule has 0 saturated heterocycles. The largest absolute Gasteiger partial charge is 0.248 e. The van der Waals surface area contributed by atoms with E-state index in [0.717, 1.165) is 10.4 Å². The third kappa shape index (κ3) is 1.89. The van der Waals surface area contributed by atoms with Crippen molar-refractivity contribution < 1.29 is 0 Å². The molecule has 74 valence electrons. The third-order valence-corrected chi connectivity index (χ3v) is 2.89. The zero-order valence-corrected chi connectivity index (χ0v) is 9.43. The summed E-state index contributed by atoms with van der Waals surface area (Å²) in [4.78, 5) is 8.27. The van der Waals surface area contributed by atoms with Gasteiger partial charge in [-0.25, -0.2) is 9.97 Å². The quantitative estimate of drug-likeness (QED) is 0.563. The zero-order chi connectivity index (χ0) is 10.8. The highest BCUT2D eigenvalue weighted by Crippen LogP contribution is 2.22. The maximum Gasteiger partial charge on any atom is 0.147 e. The van der Waals surface area contributed by atoms with Crippen LogP contribution in [0.15, 0.2) is 23.4 Å². The summed E-state index contributed by atoms with van der Waals surface area (Å²) in [6, 6.07) is 5.62. The highest BCUT2D eigenvalue weighted by Gasteiger charge is 2.05. The fraction of sp³-hybridized carbons (Fsp3) is 0.100. The summed E-state index contributed by atoms with van der Waals surface area (Å²) in [5.41, 5.74) is 1.10. The Morgan fingerprint density at radius 1 is 1.47 bits per heavy atom. The maximum atomic E-state index is 8.81. The molecule has 5 heteroatoms. The first-order valence-corrected chi connectivity index (χ1v) is 5.75. The SMILES string of the molecule is CSc1cc2cc(C#N)c(Cl)nc2cn1. The minimum absolute atomic E-state index is 0.226. The Bertz CT molecular complexity index is 562. The van der Waals surface area contributed by atoms with Crippen molar-refractivity contribution in [2.75, 3.05) is 6.26 Å². The van der Waals surface area contributed by atoms with Gasteiger partial charge in [0.15, 0.2) is 0 Å². The molecule has 3 nitrogen and oxygen atoms in total. The monoisotopic (exact) mass is 235 g/mol. The average Bonchev–Trinajstić information content (AvgIpc) is 2.27. The first-order chi connectivity index (χ1) is 7.24. The zero-order valence-electron chi connectivity index (χ0n) is 7.86. The number of hydrogen-bond acceptors (Lipinski definition) is 4. The van der Waals surface area contributed by atoms with E-state index < -0.39 is 0 Å². The summed E-state index contributed by atoms with van der Waals surface area (Å²) in [6.45, 7) is 0. The lowest BCUT2D eigenvalue weighted by molar-refractivity contribution is 1.15. The molecular weight excluding hydrogens is 230 g/mol. The predicted octanol–water partition coefficient (Wildman–Crippen LogP) is 2.88. The molecular formula is C10H6ClN3S. The van der Waals surface area contributed by atoms with Crippen molar-refractivity contribution >= 4 is 34.3 Å². The molecule has 0 aromatic carbocycles. The molecule has 0 amide bonds. The van der Waals surface area contributed by atoms with Crippen molar-refractivity contribution in [3.8, 4) is 6.07 Å². The van der Waals surface area contributed by atoms with Gasteiger partial charge in [-0.1, -0.05) is 11.6 Å². The molecule has 0 aliphatic rings. The van der Waals surface area contributed by atoms with Crippen LogP contribution < -0.4 is 0 Å². The second-order valence-corrected chi connectivity index (χ2v) is 4.04. The van der Waals surface area contributed by atoms with Gasteiger partial charge in [0.25, 0.3) is 0 Å². The van der Waals surface area contributed by atoms with Gasteiger partial charge < -0.3 is 0 Å². The lowest BCUT2D eigenvalue weighted by Gasteiger charge is -2.01. The number of halogens is 1. The van der Waals surface area contributed by atoms with Crippen molar-refractivity contribution in [2.45, 2.75) is 5.03 Å². The summed E-state index contributed by atoms with van der Waals surface area (Å²) < 4.78 is 0. The van der Waals surface area contributed by atoms with Crippen LogP contribution in [0.25, 0.3) is 10.9 Å². The van der Waals surface area contributed by atoms with Gasteiger partial charge in [0.2, 0.25) is 0 Å². The second kappa shape index (κ2) is 4.05. The fourth-order valence-corrected chi connectivity index (χ4v) is 1.81. The lowest BCUT2D eigenvalue weighted by Crippen LogP contribution is -1.87. The maximum absolute atomic E-state index is 8.81. The van der Waals surface area contributed by atoms with Crippen LogP contribution in [-0.2, 0) is 0 Å². The van der Waals surface area contributed by atoms with Crippen molar-refractivity contribution in [3.63, 3.8) is 0 Å². The Morgan fingerprint density at radius 2 is 2.27 bits per heavy atom. The van der Waals surface area contributed by atoms with Gasteiger partial charge in [0, 0.05) is 5.39 Å². The normalized spacial score (nSPS) is 10.2. The molecule has 2 aromatic heterocycles. The molecule has 0 spiro atoms. The van der Waals surface area contributed by atoms with Crippen LogP contribution in [-0.4, -0.2) is 16.2 Å². The van der Waals surface area contributed by atoms with Crippen LogP contribution in [0.5, 0.6) is 0 Å². The van der Waals surface area contributed by atoms with Crippen molar-refractivity contribution in [2.24, 2.45) is 0 Å². The number of hydrogen-bond donors (Lipinski definition) is 0. The Morgan fingerprint density at radius 3 is 2.93 bits per heavy atom. The van der Waals surface area contributed by atoms with Gasteiger partial charge in [-0.2, -0.15) is 5.26 Å². The molecule has 2 aromatic rings. The number of nitriles is 1. The topological polar surface area (TPSA) is 49.6 Å². The third-order valence-electron chi connectivity index (χ3n) is 1.96. The summed E-state index contributed by atoms with van der Waals surface area (Å²) in [6.07, 6.45) is 3.61. The van der Waals surface area contributed by atoms with Gasteiger partial charge >= 0.3 is 0 Å². The smallest absolute Gasteiger partial charge is 0.147 e. The van der Waals surface area contributed by atoms with E-state index in [1.807, 2.05) is 18.4 Å². The van der Waals surface area contributed by atoms with Crippen LogP contribution in [0.3, 0.4) is 0 Å². The van der Waals surface area contributed by atoms with E-state index in [-0.39, 0.29) is 5.15 Å². The molecule has 0 radical (unpaired) electrons. The van der Waals surface area contributed by atoms with Gasteiger partial charge in [-0.05, 0) is 18.4 Å². The molecule has 0 fully saturated rings. The number of nitrogens with zero attached hydrogens (tertiary/aromatic N) is 3. The van der Waals surface area contributed by atoms with Crippen LogP contribution in [0.2, 0.25) is 5.15 Å². The van der Waals surface area contributed by atoms with E-state index in [2.05, 4.69) is 9.97 Å². The van der Waals surface area contributed by atoms with E-state index in [1.54, 1.807) is 24.0 Å². The average molecular weight is 236 g/mol. The highest BCUT2D eigenvalue weighted by atomic mass is 35.5. The predicted molar refractivity (Wildman–Crippen MR) is 61.0 cm³/mol. The van der Waals surface area contributed by atoms with E-state index in [1.165, 1.54) is 0 Å². The van der Waals surface area contributed by atoms with Crippen LogP contribution >= 0.6 is 23.4 Å². The number of pyridine rings is 2. The summed E-state index contributed by atoms with van der Waals surface area (Å²) >= 11 is 7.36. The van der Waals surface area contributed by atoms with Crippen molar-refractivity contribution in [3.05, 3.63) is 29.0 Å². The minimum atomic E-state index is 0.226. The Labute approximate surface area is 96.1 Å². The van der Waals surface area contributed by atoms with Crippen molar-refractivity contribution in [1.82, 2.24) is 9.97 Å². The molecule has 15 heavy (non-hydrogen) atoms. The summed E-state index contributed by atoms with van der Waals surface area (Å²) in [5.74, 6) is 0. The number of thioether (sulfide) groups is 1. The molecule has 0 atom stereocenters. The molecule has 0 aliphatic heterocycles. The Kier molecular flexibility index (Phi) is 2.76. The first-order valence-electron chi connectivity index (χ1n) is 4.15. The molecule has 0 bridgehead atoms. The second-order valence-electron chi connectivity index (χ2n) is 2.86. The summed E-state index contributed by atoms with van der Waals surface area (Å²) in [7, 11) is 0. The Balaban J connectivity index is 2.72. The fourth-order valence-electron chi connectivity index (χ4n) is 1.22.